The first kappa shape index (κ1) is 44.4. The van der Waals surface area contributed by atoms with Gasteiger partial charge in [-0.1, -0.05) is 6.07 Å². The Balaban J connectivity index is 3.46. The normalized spacial score (nSPS) is 15.6. The zero-order valence-corrected chi connectivity index (χ0v) is 22.0. The molecule has 0 unspecified atom stereocenters. The number of nitrogens with one attached hydrogen (secondary N) is 2. The number of halogens is 26. The summed E-state index contributed by atoms with van der Waals surface area (Å²) < 4.78 is 343. The summed E-state index contributed by atoms with van der Waals surface area (Å²) in [6.07, 6.45) is -15.7. The van der Waals surface area contributed by atoms with E-state index in [1.165, 1.54) is 0 Å². The van der Waals surface area contributed by atoms with E-state index >= 15 is 0 Å². The van der Waals surface area contributed by atoms with E-state index in [0.717, 1.165) is 0 Å². The van der Waals surface area contributed by atoms with Gasteiger partial charge in [-0.15, -0.1) is 0 Å². The van der Waals surface area contributed by atoms with Gasteiger partial charge in [0.1, 0.15) is 0 Å². The average molecular weight is 800 g/mol. The predicted octanol–water partition coefficient (Wildman–Crippen LogP) is 9.04. The van der Waals surface area contributed by atoms with E-state index in [9.17, 15) is 124 Å². The van der Waals surface area contributed by atoms with Crippen LogP contribution in [-0.2, 0) is 9.59 Å². The minimum atomic E-state index is -8.49. The van der Waals surface area contributed by atoms with Crippen LogP contribution in [0.5, 0.6) is 0 Å². The molecule has 0 aliphatic rings. The molecule has 290 valence electrons. The third-order valence-corrected chi connectivity index (χ3v) is 5.82. The molecule has 30 heteroatoms. The highest BCUT2D eigenvalue weighted by Crippen LogP contribution is 2.62. The third kappa shape index (κ3) is 6.15. The van der Waals surface area contributed by atoms with Crippen molar-refractivity contribution in [2.24, 2.45) is 0 Å². The van der Waals surface area contributed by atoms with Gasteiger partial charge < -0.3 is 10.6 Å². The summed E-state index contributed by atoms with van der Waals surface area (Å²) in [6, 6.07) is -0.468. The molecule has 1 aromatic rings. The van der Waals surface area contributed by atoms with Crippen molar-refractivity contribution in [3.63, 3.8) is 0 Å². The molecule has 50 heavy (non-hydrogen) atoms. The van der Waals surface area contributed by atoms with Crippen LogP contribution in [0.1, 0.15) is 0 Å². The second-order valence-electron chi connectivity index (χ2n) is 9.23. The molecule has 0 radical (unpaired) electrons. The summed E-state index contributed by atoms with van der Waals surface area (Å²) >= 11 is 0. The number of carbonyl (C=O) groups excluding carboxylic acids is 2. The molecule has 1 rings (SSSR count). The van der Waals surface area contributed by atoms with Crippen molar-refractivity contribution in [1.82, 2.24) is 0 Å². The summed E-state index contributed by atoms with van der Waals surface area (Å²) in [6.45, 7) is 0. The quantitative estimate of drug-likeness (QED) is 0.208. The van der Waals surface area contributed by atoms with E-state index in [4.69, 9.17) is 0 Å². The fraction of sp³-hybridized carbons (Fsp3) is 0.600. The molecule has 2 N–H and O–H groups in total. The Hall–Kier alpha value is -3.66. The van der Waals surface area contributed by atoms with Gasteiger partial charge in [0.05, 0.1) is 0 Å². The van der Waals surface area contributed by atoms with Crippen LogP contribution >= 0.6 is 0 Å². The summed E-state index contributed by atoms with van der Waals surface area (Å²) in [5, 5.41) is 0.571. The smallest absolute Gasteiger partial charge is 0.321 e. The van der Waals surface area contributed by atoms with Crippen LogP contribution in [0.4, 0.5) is 126 Å². The zero-order valence-electron chi connectivity index (χ0n) is 22.0. The summed E-state index contributed by atoms with van der Waals surface area (Å²) in [4.78, 5) is 23.1. The van der Waals surface area contributed by atoms with Crippen LogP contribution in [0.15, 0.2) is 24.3 Å². The number of hydrogen-bond donors (Lipinski definition) is 2. The molecular formula is C20H6F26N2O2. The second kappa shape index (κ2) is 12.0. The van der Waals surface area contributed by atoms with Crippen molar-refractivity contribution in [2.45, 2.75) is 71.6 Å². The van der Waals surface area contributed by atoms with Gasteiger partial charge in [-0.3, -0.25) is 9.59 Å². The van der Waals surface area contributed by atoms with Crippen LogP contribution in [-0.4, -0.2) is 83.4 Å². The fourth-order valence-corrected chi connectivity index (χ4v) is 2.92. The first-order valence-electron chi connectivity index (χ1n) is 11.1. The van der Waals surface area contributed by atoms with Crippen molar-refractivity contribution in [2.75, 3.05) is 10.6 Å². The molecule has 0 saturated carbocycles. The highest BCUT2D eigenvalue weighted by Gasteiger charge is 2.93. The summed E-state index contributed by atoms with van der Waals surface area (Å²) in [5.41, 5.74) is -3.65. The molecule has 0 aliphatic carbocycles. The number of anilines is 2. The van der Waals surface area contributed by atoms with Crippen molar-refractivity contribution in [3.05, 3.63) is 24.3 Å². The first-order chi connectivity index (χ1) is 21.5. The van der Waals surface area contributed by atoms with Gasteiger partial charge in [-0.05, 0) is 18.2 Å². The largest absolute Gasteiger partial charge is 0.460 e. The van der Waals surface area contributed by atoms with E-state index in [2.05, 4.69) is 0 Å². The van der Waals surface area contributed by atoms with E-state index in [1.54, 1.807) is 0 Å². The highest BCUT2D eigenvalue weighted by atomic mass is 19.4. The highest BCUT2D eigenvalue weighted by molar-refractivity contribution is 5.99. The van der Waals surface area contributed by atoms with Crippen molar-refractivity contribution < 1.29 is 124 Å². The average Bonchev–Trinajstić information content (AvgIpc) is 2.90. The number of amides is 2. The number of benzene rings is 1. The Morgan fingerprint density at radius 3 is 0.800 bits per heavy atom. The van der Waals surface area contributed by atoms with Crippen molar-refractivity contribution in [1.29, 1.82) is 0 Å². The lowest BCUT2D eigenvalue weighted by Crippen LogP contribution is -2.71. The molecule has 0 atom stereocenters. The summed E-state index contributed by atoms with van der Waals surface area (Å²) in [5.74, 6) is -89.9. The number of rotatable bonds is 12. The Bertz CT molecular complexity index is 1340. The SMILES string of the molecule is O=C(Nc1cccc(NC(=O)C(F)(F)C(F)(F)C(F)(F)C(F)(F)C(F)(F)C(F)(F)F)c1)C(F)(F)C(F)(F)C(F)(F)C(F)(F)C(F)(F)C(F)(F)F. The van der Waals surface area contributed by atoms with Crippen LogP contribution in [0.25, 0.3) is 0 Å². The van der Waals surface area contributed by atoms with Gasteiger partial charge in [-0.25, -0.2) is 0 Å². The van der Waals surface area contributed by atoms with Gasteiger partial charge in [0.25, 0.3) is 0 Å². The minimum Gasteiger partial charge on any atom is -0.321 e. The van der Waals surface area contributed by atoms with Crippen LogP contribution in [0, 0.1) is 0 Å². The Morgan fingerprint density at radius 1 is 0.360 bits per heavy atom. The molecule has 1 aromatic carbocycles. The molecule has 4 nitrogen and oxygen atoms in total. The maximum absolute atomic E-state index is 13.9. The second-order valence-corrected chi connectivity index (χ2v) is 9.23. The molecule has 0 spiro atoms. The lowest BCUT2D eigenvalue weighted by Gasteiger charge is -2.39. The first-order valence-corrected chi connectivity index (χ1v) is 11.1. The maximum Gasteiger partial charge on any atom is 0.460 e. The van der Waals surface area contributed by atoms with Gasteiger partial charge in [0, 0.05) is 11.4 Å². The number of alkyl halides is 26. The molecular weight excluding hydrogens is 794 g/mol. The van der Waals surface area contributed by atoms with E-state index < -0.39 is 101 Å². The molecule has 0 saturated heterocycles. The van der Waals surface area contributed by atoms with Gasteiger partial charge >= 0.3 is 83.4 Å². The minimum absolute atomic E-state index is 0.0208. The van der Waals surface area contributed by atoms with Crippen LogP contribution < -0.4 is 10.6 Å². The zero-order chi connectivity index (χ0) is 40.6. The molecule has 0 heterocycles. The summed E-state index contributed by atoms with van der Waals surface area (Å²) in [7, 11) is 0. The Morgan fingerprint density at radius 2 is 0.580 bits per heavy atom. The van der Waals surface area contributed by atoms with Gasteiger partial charge in [0.15, 0.2) is 0 Å². The van der Waals surface area contributed by atoms with Gasteiger partial charge in [-0.2, -0.15) is 114 Å². The maximum atomic E-state index is 13.9. The van der Waals surface area contributed by atoms with Crippen LogP contribution in [0.2, 0.25) is 0 Å². The molecule has 0 bridgehead atoms. The Labute approximate surface area is 254 Å². The lowest BCUT2D eigenvalue weighted by molar-refractivity contribution is -0.436. The van der Waals surface area contributed by atoms with Gasteiger partial charge in [0.2, 0.25) is 0 Å². The monoisotopic (exact) mass is 800 g/mol. The fourth-order valence-electron chi connectivity index (χ4n) is 2.92. The number of carbonyl (C=O) groups is 2. The van der Waals surface area contributed by atoms with E-state index in [1.807, 2.05) is 0 Å². The van der Waals surface area contributed by atoms with Crippen LogP contribution in [0.3, 0.4) is 0 Å². The molecule has 0 aliphatic heterocycles. The van der Waals surface area contributed by atoms with Crippen molar-refractivity contribution >= 4 is 23.2 Å². The molecule has 0 aromatic heterocycles. The molecule has 2 amide bonds. The number of hydrogen-bond acceptors (Lipinski definition) is 2. The third-order valence-electron chi connectivity index (χ3n) is 5.82. The standard InChI is InChI=1S/C20H6F26N2O2/c21-9(22,11(25,26)13(29,30)15(33,34)17(37,38)19(41,42)43)7(49)47-5-2-1-3-6(4-5)48-8(50)10(23,24)12(27,28)14(31,32)16(35,36)18(39,40)20(44,45)46/h1-4H,(H,47,49)(H,48,50). The predicted molar refractivity (Wildman–Crippen MR) is 105 cm³/mol. The topological polar surface area (TPSA) is 58.2 Å². The molecule has 0 fully saturated rings. The lowest BCUT2D eigenvalue weighted by atomic mass is 9.93. The van der Waals surface area contributed by atoms with Crippen molar-refractivity contribution in [3.8, 4) is 0 Å². The Kier molecular flexibility index (Phi) is 10.6. The van der Waals surface area contributed by atoms with E-state index in [0.29, 0.717) is 0 Å². The van der Waals surface area contributed by atoms with E-state index in [-0.39, 0.29) is 28.8 Å².